The van der Waals surface area contributed by atoms with E-state index >= 15 is 0 Å². The maximum Gasteiger partial charge on any atom is 0.261 e. The van der Waals surface area contributed by atoms with Crippen LogP contribution in [0.25, 0.3) is 0 Å². The summed E-state index contributed by atoms with van der Waals surface area (Å²) in [6, 6.07) is 32.3. The SMILES string of the molecule is C/C(=C\[C@H](C)COCc1ccccc1)C[C@@H](C)C[C@@H](C)CO[Si](c1ccccc1)(c1ccccc1)C(C)(C)C. The summed E-state index contributed by atoms with van der Waals surface area (Å²) in [5, 5.41) is 2.72. The Hall–Kier alpha value is -2.46. The predicted octanol–water partition coefficient (Wildman–Crippen LogP) is 8.41. The zero-order chi connectivity index (χ0) is 28.3. The molecule has 0 radical (unpaired) electrons. The Bertz CT molecular complexity index is 1080. The summed E-state index contributed by atoms with van der Waals surface area (Å²) < 4.78 is 13.1. The highest BCUT2D eigenvalue weighted by Crippen LogP contribution is 2.37. The molecule has 0 N–H and O–H groups in total. The first-order chi connectivity index (χ1) is 18.6. The average molecular weight is 543 g/mol. The van der Waals surface area contributed by atoms with Gasteiger partial charge in [-0.1, -0.05) is 144 Å². The molecule has 3 aromatic rings. The lowest BCUT2D eigenvalue weighted by atomic mass is 9.91. The van der Waals surface area contributed by atoms with Crippen molar-refractivity contribution < 1.29 is 9.16 Å². The summed E-state index contributed by atoms with van der Waals surface area (Å²) in [4.78, 5) is 0. The van der Waals surface area contributed by atoms with Crippen LogP contribution in [0, 0.1) is 17.8 Å². The van der Waals surface area contributed by atoms with E-state index in [0.717, 1.165) is 26.1 Å². The summed E-state index contributed by atoms with van der Waals surface area (Å²) in [5.41, 5.74) is 2.69. The van der Waals surface area contributed by atoms with Gasteiger partial charge in [0, 0.05) is 6.61 Å². The second kappa shape index (κ2) is 14.8. The summed E-state index contributed by atoms with van der Waals surface area (Å²) >= 11 is 0. The molecule has 0 aliphatic heterocycles. The van der Waals surface area contributed by atoms with Crippen LogP contribution in [0.2, 0.25) is 5.04 Å². The van der Waals surface area contributed by atoms with Crippen LogP contribution in [-0.2, 0) is 15.8 Å². The maximum atomic E-state index is 7.19. The van der Waals surface area contributed by atoms with E-state index in [2.05, 4.69) is 139 Å². The fourth-order valence-electron chi connectivity index (χ4n) is 5.96. The molecule has 39 heavy (non-hydrogen) atoms. The minimum absolute atomic E-state index is 0.0130. The van der Waals surface area contributed by atoms with Gasteiger partial charge in [0.1, 0.15) is 0 Å². The molecule has 0 heterocycles. The molecule has 0 saturated carbocycles. The standard InChI is InChI=1S/C36H50O2Si/c1-29(24-31(3)26-37-28-33-17-11-8-12-18-33)23-30(2)25-32(4)27-38-39(36(5,6)7,34-19-13-9-14-20-34)35-21-15-10-16-22-35/h8-22,24,30-32H,23,25-28H2,1-7H3/b29-24+/t30-,31+,32-/m1/s1. The number of rotatable bonds is 14. The minimum atomic E-state index is -2.48. The van der Waals surface area contributed by atoms with E-state index in [-0.39, 0.29) is 5.04 Å². The van der Waals surface area contributed by atoms with Crippen molar-refractivity contribution in [2.45, 2.75) is 73.0 Å². The Kier molecular flexibility index (Phi) is 11.8. The van der Waals surface area contributed by atoms with E-state index < -0.39 is 8.32 Å². The predicted molar refractivity (Wildman–Crippen MR) is 170 cm³/mol. The third-order valence-electron chi connectivity index (χ3n) is 7.54. The zero-order valence-electron chi connectivity index (χ0n) is 25.3. The van der Waals surface area contributed by atoms with Crippen LogP contribution in [0.5, 0.6) is 0 Å². The molecule has 0 bridgehead atoms. The highest BCUT2D eigenvalue weighted by Gasteiger charge is 2.50. The number of ether oxygens (including phenoxy) is 1. The van der Waals surface area contributed by atoms with Crippen molar-refractivity contribution in [1.29, 1.82) is 0 Å². The molecule has 0 spiro atoms. The van der Waals surface area contributed by atoms with Gasteiger partial charge in [0.2, 0.25) is 0 Å². The number of hydrogen-bond donors (Lipinski definition) is 0. The van der Waals surface area contributed by atoms with Crippen LogP contribution in [0.1, 0.15) is 66.9 Å². The molecule has 3 aromatic carbocycles. The van der Waals surface area contributed by atoms with Crippen molar-refractivity contribution in [3.63, 3.8) is 0 Å². The molecule has 0 aliphatic carbocycles. The van der Waals surface area contributed by atoms with Crippen LogP contribution in [0.15, 0.2) is 103 Å². The van der Waals surface area contributed by atoms with Crippen molar-refractivity contribution in [3.8, 4) is 0 Å². The fraction of sp³-hybridized carbons (Fsp3) is 0.444. The highest BCUT2D eigenvalue weighted by molar-refractivity contribution is 6.99. The average Bonchev–Trinajstić information content (AvgIpc) is 2.90. The van der Waals surface area contributed by atoms with Crippen molar-refractivity contribution in [1.82, 2.24) is 0 Å². The van der Waals surface area contributed by atoms with E-state index in [4.69, 9.17) is 9.16 Å². The van der Waals surface area contributed by atoms with Crippen molar-refractivity contribution in [2.75, 3.05) is 13.2 Å². The fourth-order valence-corrected chi connectivity index (χ4v) is 10.6. The van der Waals surface area contributed by atoms with Crippen molar-refractivity contribution in [3.05, 3.63) is 108 Å². The first kappa shape index (κ1) is 31.1. The molecule has 0 amide bonds. The van der Waals surface area contributed by atoms with Gasteiger partial charge < -0.3 is 9.16 Å². The lowest BCUT2D eigenvalue weighted by molar-refractivity contribution is 0.104. The van der Waals surface area contributed by atoms with Crippen LogP contribution in [0.3, 0.4) is 0 Å². The van der Waals surface area contributed by atoms with Crippen LogP contribution >= 0.6 is 0 Å². The number of benzene rings is 3. The third kappa shape index (κ3) is 9.03. The molecule has 210 valence electrons. The molecule has 3 rings (SSSR count). The molecule has 0 saturated heterocycles. The first-order valence-corrected chi connectivity index (χ1v) is 16.6. The summed E-state index contributed by atoms with van der Waals surface area (Å²) in [6.45, 7) is 18.5. The highest BCUT2D eigenvalue weighted by atomic mass is 28.4. The Morgan fingerprint density at radius 3 is 1.77 bits per heavy atom. The van der Waals surface area contributed by atoms with Gasteiger partial charge in [0.25, 0.3) is 8.32 Å². The van der Waals surface area contributed by atoms with Crippen LogP contribution in [-0.4, -0.2) is 21.5 Å². The Morgan fingerprint density at radius 1 is 0.744 bits per heavy atom. The van der Waals surface area contributed by atoms with Gasteiger partial charge in [-0.05, 0) is 58.5 Å². The summed E-state index contributed by atoms with van der Waals surface area (Å²) in [7, 11) is -2.48. The Morgan fingerprint density at radius 2 is 1.26 bits per heavy atom. The summed E-state index contributed by atoms with van der Waals surface area (Å²) in [6.07, 6.45) is 4.67. The van der Waals surface area contributed by atoms with E-state index in [0.29, 0.717) is 24.4 Å². The largest absolute Gasteiger partial charge is 0.407 e. The molecule has 0 unspecified atom stereocenters. The van der Waals surface area contributed by atoms with Gasteiger partial charge in [-0.3, -0.25) is 0 Å². The smallest absolute Gasteiger partial charge is 0.261 e. The molecule has 0 fully saturated rings. The minimum Gasteiger partial charge on any atom is -0.407 e. The second-order valence-electron chi connectivity index (χ2n) is 12.6. The lowest BCUT2D eigenvalue weighted by Gasteiger charge is -2.43. The number of hydrogen-bond acceptors (Lipinski definition) is 2. The van der Waals surface area contributed by atoms with Gasteiger partial charge in [0.15, 0.2) is 0 Å². The monoisotopic (exact) mass is 542 g/mol. The van der Waals surface area contributed by atoms with E-state index in [1.807, 2.05) is 6.07 Å². The number of allylic oxidation sites excluding steroid dienone is 1. The third-order valence-corrected chi connectivity index (χ3v) is 12.5. The Labute approximate surface area is 239 Å². The molecule has 0 aromatic heterocycles. The molecular formula is C36H50O2Si. The molecule has 2 nitrogen and oxygen atoms in total. The molecule has 3 heteroatoms. The van der Waals surface area contributed by atoms with Crippen molar-refractivity contribution in [2.24, 2.45) is 17.8 Å². The van der Waals surface area contributed by atoms with Gasteiger partial charge >= 0.3 is 0 Å². The Balaban J connectivity index is 1.58. The van der Waals surface area contributed by atoms with Crippen LogP contribution < -0.4 is 10.4 Å². The molecular weight excluding hydrogens is 492 g/mol. The van der Waals surface area contributed by atoms with Gasteiger partial charge in [-0.15, -0.1) is 0 Å². The maximum absolute atomic E-state index is 7.19. The van der Waals surface area contributed by atoms with Gasteiger partial charge in [-0.2, -0.15) is 0 Å². The van der Waals surface area contributed by atoms with E-state index in [9.17, 15) is 0 Å². The molecule has 3 atom stereocenters. The first-order valence-electron chi connectivity index (χ1n) is 14.7. The van der Waals surface area contributed by atoms with Crippen LogP contribution in [0.4, 0.5) is 0 Å². The lowest BCUT2D eigenvalue weighted by Crippen LogP contribution is -2.66. The van der Waals surface area contributed by atoms with E-state index in [1.54, 1.807) is 0 Å². The zero-order valence-corrected chi connectivity index (χ0v) is 26.3. The van der Waals surface area contributed by atoms with Gasteiger partial charge in [0.05, 0.1) is 13.2 Å². The molecule has 0 aliphatic rings. The normalized spacial score (nSPS) is 15.1. The quantitative estimate of drug-likeness (QED) is 0.150. The van der Waals surface area contributed by atoms with Gasteiger partial charge in [-0.25, -0.2) is 0 Å². The topological polar surface area (TPSA) is 18.5 Å². The van der Waals surface area contributed by atoms with Crippen molar-refractivity contribution >= 4 is 18.7 Å². The second-order valence-corrected chi connectivity index (χ2v) is 16.9. The summed E-state index contributed by atoms with van der Waals surface area (Å²) in [5.74, 6) is 1.51. The van der Waals surface area contributed by atoms with E-state index in [1.165, 1.54) is 21.5 Å².